The van der Waals surface area contributed by atoms with Crippen LogP contribution in [0, 0.1) is 14.4 Å². The van der Waals surface area contributed by atoms with E-state index in [1.165, 1.54) is 35.0 Å². The van der Waals surface area contributed by atoms with Gasteiger partial charge in [0.2, 0.25) is 0 Å². The second-order valence-electron chi connectivity index (χ2n) is 4.98. The van der Waals surface area contributed by atoms with Gasteiger partial charge in [0.15, 0.2) is 0 Å². The number of nitrogens with one attached hydrogen (secondary N) is 1. The molecule has 2 rings (SSSR count). The number of aliphatic hydroxyl groups excluding tert-OH is 1. The summed E-state index contributed by atoms with van der Waals surface area (Å²) >= 11 is 1.30. The largest absolute Gasteiger partial charge is 0.358 e. The van der Waals surface area contributed by atoms with Crippen LogP contribution in [0.3, 0.4) is 0 Å². The van der Waals surface area contributed by atoms with Gasteiger partial charge in [0.05, 0.1) is 0 Å². The van der Waals surface area contributed by atoms with Crippen molar-refractivity contribution in [1.29, 1.82) is 0 Å². The Kier molecular flexibility index (Phi) is 33.1. The molecule has 23 heavy (non-hydrogen) atoms. The van der Waals surface area contributed by atoms with Crippen LogP contribution in [-0.4, -0.2) is 21.5 Å². The molecule has 0 atom stereocenters. The fourth-order valence-corrected chi connectivity index (χ4v) is 1.07. The molecule has 136 valence electrons. The number of rotatable bonds is 1. The molecule has 0 saturated heterocycles. The van der Waals surface area contributed by atoms with Gasteiger partial charge in [-0.1, -0.05) is 26.8 Å². The van der Waals surface area contributed by atoms with E-state index in [4.69, 9.17) is 10.8 Å². The van der Waals surface area contributed by atoms with Crippen LogP contribution in [0.1, 0.15) is 27.2 Å². The number of hydrogen-bond donors (Lipinski definition) is 1. The maximum Gasteiger partial charge on any atom is -0.0809 e. The summed E-state index contributed by atoms with van der Waals surface area (Å²) in [7, 11) is 0. The molecule has 0 amide bonds. The number of hydrogen-bond acceptors (Lipinski definition) is 1. The van der Waals surface area contributed by atoms with E-state index in [0.717, 1.165) is 0 Å². The molecule has 2 nitrogen and oxygen atoms in total. The summed E-state index contributed by atoms with van der Waals surface area (Å²) in [4.78, 5) is 0. The standard InChI is InChI=1S/C9H7.C4H10N.C3H7O.CH3.CH2.2ClH.Zr/c1-2-5-9-7-3-6-8(9)4-1;1-4(2,3)5;1-2-3-4;;;;;/h1-7H;5H,1-3H3;4H,1-3H2;1H3;1H2;2*1H;/q4*-1;;;;. The minimum Gasteiger partial charge on any atom is -0.358 e. The normalized spacial score (nSPS) is 8.04. The maximum atomic E-state index is 7.81. The van der Waals surface area contributed by atoms with Gasteiger partial charge in [0, 0.05) is 6.61 Å². The Hall–Kier alpha value is 0.0831. The Morgan fingerprint density at radius 1 is 1.17 bits per heavy atom. The molecule has 5 heteroatoms. The summed E-state index contributed by atoms with van der Waals surface area (Å²) in [5.41, 5.74) is 6.69. The molecule has 2 aromatic carbocycles. The van der Waals surface area contributed by atoms with Crippen molar-refractivity contribution in [2.75, 3.05) is 6.61 Å². The van der Waals surface area contributed by atoms with Crippen molar-refractivity contribution in [1.82, 2.24) is 0 Å². The molecule has 0 radical (unpaired) electrons. The molecular weight excluding hydrogens is 408 g/mol. The molecule has 0 bridgehead atoms. The van der Waals surface area contributed by atoms with Crippen LogP contribution in [0.5, 0.6) is 0 Å². The van der Waals surface area contributed by atoms with E-state index >= 15 is 0 Å². The van der Waals surface area contributed by atoms with Crippen molar-refractivity contribution in [2.45, 2.75) is 32.7 Å². The summed E-state index contributed by atoms with van der Waals surface area (Å²) in [6, 6.07) is 14.7. The van der Waals surface area contributed by atoms with Gasteiger partial charge < -0.3 is 25.2 Å². The molecule has 2 aromatic rings. The first-order valence-corrected chi connectivity index (χ1v) is 8.23. The van der Waals surface area contributed by atoms with Gasteiger partial charge in [-0.15, -0.1) is 60.0 Å². The van der Waals surface area contributed by atoms with Crippen molar-refractivity contribution in [3.8, 4) is 0 Å². The minimum absolute atomic E-state index is 0. The third-order valence-electron chi connectivity index (χ3n) is 1.71. The Morgan fingerprint density at radius 3 is 1.91 bits per heavy atom. The number of halogens is 2. The molecule has 0 saturated carbocycles. The van der Waals surface area contributed by atoms with Crippen molar-refractivity contribution < 1.29 is 29.3 Å². The third-order valence-corrected chi connectivity index (χ3v) is 1.71. The smallest absolute Gasteiger partial charge is 0.0809 e. The zero-order valence-electron chi connectivity index (χ0n) is 14.6. The molecule has 0 aliphatic carbocycles. The number of aliphatic hydroxyl groups is 1. The van der Waals surface area contributed by atoms with E-state index in [2.05, 4.69) is 53.6 Å². The average Bonchev–Trinajstić information content (AvgIpc) is 2.88. The van der Waals surface area contributed by atoms with E-state index in [1.54, 1.807) is 0 Å². The first-order chi connectivity index (χ1) is 9.38. The Balaban J connectivity index is -0.0000000685. The molecule has 0 aromatic heterocycles. The fraction of sp³-hybridized carbons (Fsp3) is 0.333. The van der Waals surface area contributed by atoms with Gasteiger partial charge in [-0.05, 0) is 0 Å². The first kappa shape index (κ1) is 34.4. The van der Waals surface area contributed by atoms with E-state index in [-0.39, 0.29) is 44.4 Å². The SMILES string of the molecule is CC(C)(C)[NH-].Cl.Cl.[CH2-]CCO.[CH2]=[Zr].[CH3-].c1ccc2[cH-]ccc2c1. The average molecular weight is 440 g/mol. The van der Waals surface area contributed by atoms with E-state index in [0.29, 0.717) is 6.42 Å². The van der Waals surface area contributed by atoms with Gasteiger partial charge >= 0.3 is 28.4 Å². The summed E-state index contributed by atoms with van der Waals surface area (Å²) < 4.78 is 3.34. The maximum absolute atomic E-state index is 7.81. The first-order valence-electron chi connectivity index (χ1n) is 6.49. The Bertz CT molecular complexity index is 404. The second-order valence-corrected chi connectivity index (χ2v) is 4.98. The summed E-state index contributed by atoms with van der Waals surface area (Å²) in [6.45, 7) is 9.12. The van der Waals surface area contributed by atoms with Gasteiger partial charge in [-0.2, -0.15) is 23.9 Å². The van der Waals surface area contributed by atoms with Crippen LogP contribution in [-0.2, 0) is 24.2 Å². The quantitative estimate of drug-likeness (QED) is 0.556. The zero-order chi connectivity index (χ0) is 16.0. The third kappa shape index (κ3) is 27.2. The van der Waals surface area contributed by atoms with E-state index in [1.807, 2.05) is 20.8 Å². The van der Waals surface area contributed by atoms with Crippen molar-refractivity contribution in [3.63, 3.8) is 0 Å². The van der Waals surface area contributed by atoms with Crippen molar-refractivity contribution in [3.05, 3.63) is 62.5 Å². The molecule has 0 fully saturated rings. The van der Waals surface area contributed by atoms with Crippen LogP contribution in [0.15, 0.2) is 42.5 Å². The van der Waals surface area contributed by atoms with Crippen LogP contribution in [0.25, 0.3) is 16.5 Å². The van der Waals surface area contributed by atoms with Crippen molar-refractivity contribution in [2.24, 2.45) is 0 Å². The molecule has 0 aliphatic heterocycles. The fourth-order valence-electron chi connectivity index (χ4n) is 1.07. The van der Waals surface area contributed by atoms with Gasteiger partial charge in [0.1, 0.15) is 0 Å². The van der Waals surface area contributed by atoms with Crippen molar-refractivity contribution >= 4 is 39.8 Å². The van der Waals surface area contributed by atoms with Gasteiger partial charge in [-0.25, -0.2) is 0 Å². The topological polar surface area (TPSA) is 44.0 Å². The number of benzene rings is 1. The van der Waals surface area contributed by atoms with E-state index < -0.39 is 0 Å². The summed E-state index contributed by atoms with van der Waals surface area (Å²) in [5.74, 6) is 0. The van der Waals surface area contributed by atoms with Crippen LogP contribution >= 0.6 is 24.8 Å². The molecule has 2 N–H and O–H groups in total. The minimum atomic E-state index is -0.250. The second kappa shape index (κ2) is 22.1. The van der Waals surface area contributed by atoms with Gasteiger partial charge in [0.25, 0.3) is 0 Å². The predicted octanol–water partition coefficient (Wildman–Crippen LogP) is 5.86. The molecule has 0 spiro atoms. The predicted molar refractivity (Wildman–Crippen MR) is 109 cm³/mol. The van der Waals surface area contributed by atoms with Gasteiger partial charge in [-0.3, -0.25) is 0 Å². The number of fused-ring (bicyclic) bond motifs is 1. The summed E-state index contributed by atoms with van der Waals surface area (Å²) in [6.07, 6.45) is 0.625. The molecule has 0 heterocycles. The summed E-state index contributed by atoms with van der Waals surface area (Å²) in [5, 5.41) is 10.5. The van der Waals surface area contributed by atoms with Crippen LogP contribution in [0.4, 0.5) is 0 Å². The Morgan fingerprint density at radius 2 is 1.57 bits per heavy atom. The van der Waals surface area contributed by atoms with Crippen LogP contribution < -0.4 is 0 Å². The van der Waals surface area contributed by atoms with Crippen LogP contribution in [0.2, 0.25) is 0 Å². The Labute approximate surface area is 170 Å². The molecular formula is C18H31Cl2NOZr-4. The molecule has 0 unspecified atom stereocenters. The monoisotopic (exact) mass is 437 g/mol. The molecule has 0 aliphatic rings. The van der Waals surface area contributed by atoms with E-state index in [9.17, 15) is 0 Å². The zero-order valence-corrected chi connectivity index (χ0v) is 18.7.